The molecule has 0 rings (SSSR count). The van der Waals surface area contributed by atoms with E-state index in [1.54, 1.807) is 58.8 Å². The molecule has 0 fully saturated rings. The third-order valence-electron chi connectivity index (χ3n) is 3.35. The van der Waals surface area contributed by atoms with E-state index in [1.807, 2.05) is 0 Å². The lowest BCUT2D eigenvalue weighted by molar-refractivity contribution is -0.109. The molecule has 0 bridgehead atoms. The van der Waals surface area contributed by atoms with Crippen LogP contribution >= 0.6 is 129 Å². The van der Waals surface area contributed by atoms with E-state index in [9.17, 15) is 18.6 Å². The molecule has 0 radical (unpaired) electrons. The van der Waals surface area contributed by atoms with E-state index >= 15 is 0 Å². The normalized spacial score (nSPS) is 12.1. The molecule has 1 unspecified atom stereocenters. The lowest BCUT2D eigenvalue weighted by Gasteiger charge is -2.04. The summed E-state index contributed by atoms with van der Waals surface area (Å²) in [6.07, 6.45) is 0. The van der Waals surface area contributed by atoms with Crippen molar-refractivity contribution in [2.45, 2.75) is 0 Å². The Morgan fingerprint density at radius 1 is 0.486 bits per heavy atom. The maximum atomic E-state index is 12.1. The number of hydrogen-bond donors (Lipinski definition) is 2. The van der Waals surface area contributed by atoms with Crippen LogP contribution in [0.4, 0.5) is 0 Å². The fourth-order valence-corrected chi connectivity index (χ4v) is 13.8. The minimum atomic E-state index is -0.805. The molecule has 18 heteroatoms. The molecule has 1 atom stereocenters. The van der Waals surface area contributed by atoms with Gasteiger partial charge in [0.25, 0.3) is 0 Å². The Hall–Kier alpha value is 2.93. The van der Waals surface area contributed by atoms with Crippen LogP contribution in [0.3, 0.4) is 0 Å². The van der Waals surface area contributed by atoms with Gasteiger partial charge in [-0.25, -0.2) is 0 Å². The number of hydrogen-bond acceptors (Lipinski definition) is 17. The molecule has 0 heterocycles. The van der Waals surface area contributed by atoms with Gasteiger partial charge in [0.15, 0.2) is 15.3 Å². The van der Waals surface area contributed by atoms with E-state index in [2.05, 4.69) is 0 Å². The van der Waals surface area contributed by atoms with Gasteiger partial charge in [-0.2, -0.15) is 35.3 Å². The minimum absolute atomic E-state index is 0.0306. The largest absolute Gasteiger partial charge is 0.386 e. The number of carbonyl (C=O) groups is 3. The average molecular weight is 743 g/mol. The van der Waals surface area contributed by atoms with Crippen molar-refractivity contribution in [1.29, 1.82) is 0 Å². The second-order valence-corrected chi connectivity index (χ2v) is 21.1. The minimum Gasteiger partial charge on any atom is -0.386 e. The van der Waals surface area contributed by atoms with Gasteiger partial charge in [0, 0.05) is 70.7 Å². The van der Waals surface area contributed by atoms with Crippen molar-refractivity contribution in [2.75, 3.05) is 89.1 Å². The number of carbonyl (C=O) groups excluding carboxylic acids is 3. The van der Waals surface area contributed by atoms with Gasteiger partial charge >= 0.3 is 0 Å². The molecular weight excluding hydrogens is 709 g/mol. The maximum absolute atomic E-state index is 12.1. The smallest absolute Gasteiger partial charge is 0.199 e. The van der Waals surface area contributed by atoms with Crippen LogP contribution in [-0.2, 0) is 25.2 Å². The van der Waals surface area contributed by atoms with Crippen molar-refractivity contribution in [3.8, 4) is 0 Å². The zero-order valence-corrected chi connectivity index (χ0v) is 30.0. The molecule has 0 aliphatic heterocycles. The topological polar surface area (TPSA) is 109 Å². The van der Waals surface area contributed by atoms with Crippen molar-refractivity contribution in [1.82, 2.24) is 0 Å². The van der Waals surface area contributed by atoms with Crippen LogP contribution in [0.15, 0.2) is 0 Å². The van der Waals surface area contributed by atoms with Gasteiger partial charge in [0.05, 0.1) is 29.1 Å². The maximum Gasteiger partial charge on any atom is 0.199 e. The van der Waals surface area contributed by atoms with E-state index < -0.39 is 10.8 Å². The van der Waals surface area contributed by atoms with Gasteiger partial charge in [-0.1, -0.05) is 35.3 Å². The molecule has 0 amide bonds. The summed E-state index contributed by atoms with van der Waals surface area (Å²) in [6.45, 7) is 0. The molecule has 0 aromatic heterocycles. The summed E-state index contributed by atoms with van der Waals surface area (Å²) in [7, 11) is -0.805. The predicted molar refractivity (Wildman–Crippen MR) is 189 cm³/mol. The van der Waals surface area contributed by atoms with Crippen LogP contribution in [0, 0.1) is 0 Å². The van der Waals surface area contributed by atoms with E-state index in [0.29, 0.717) is 38.9 Å². The zero-order chi connectivity index (χ0) is 27.4. The lowest BCUT2D eigenvalue weighted by atomic mass is 10.9. The molecule has 0 aliphatic rings. The lowest BCUT2D eigenvalue weighted by Crippen LogP contribution is -2.07. The second kappa shape index (κ2) is 31.9. The Morgan fingerprint density at radius 3 is 1.38 bits per heavy atom. The first-order valence-corrected chi connectivity index (χ1v) is 24.3. The highest BCUT2D eigenvalue weighted by molar-refractivity contribution is 8.26. The van der Waals surface area contributed by atoms with Gasteiger partial charge in [-0.15, -0.1) is 58.8 Å². The van der Waals surface area contributed by atoms with Gasteiger partial charge in [0.1, 0.15) is 0 Å². The Kier molecular flexibility index (Phi) is 34.4. The summed E-state index contributed by atoms with van der Waals surface area (Å²) in [6, 6.07) is 0. The van der Waals surface area contributed by atoms with Crippen LogP contribution in [0.5, 0.6) is 0 Å². The van der Waals surface area contributed by atoms with E-state index in [4.69, 9.17) is 10.2 Å². The third-order valence-corrected chi connectivity index (χ3v) is 17.3. The molecule has 37 heavy (non-hydrogen) atoms. The summed E-state index contributed by atoms with van der Waals surface area (Å²) in [5, 5.41) is 21.4. The summed E-state index contributed by atoms with van der Waals surface area (Å²) < 4.78 is 12.1. The van der Waals surface area contributed by atoms with Gasteiger partial charge in [-0.05, 0) is 0 Å². The summed E-state index contributed by atoms with van der Waals surface area (Å²) in [4.78, 5) is 35.1. The highest BCUT2D eigenvalue weighted by Crippen LogP contribution is 2.21. The number of aliphatic hydroxyl groups is 2. The van der Waals surface area contributed by atoms with E-state index in [0.717, 1.165) is 38.3 Å². The molecular formula is C19H34O6S12. The van der Waals surface area contributed by atoms with Crippen LogP contribution < -0.4 is 0 Å². The highest BCUT2D eigenvalue weighted by atomic mass is 32.2. The van der Waals surface area contributed by atoms with Crippen molar-refractivity contribution in [3.05, 3.63) is 0 Å². The summed E-state index contributed by atoms with van der Waals surface area (Å²) in [5.41, 5.74) is 0. The Labute approximate surface area is 270 Å². The Balaban J connectivity index is 3.38. The monoisotopic (exact) mass is 742 g/mol. The quantitative estimate of drug-likeness (QED) is 0.0863. The average Bonchev–Trinajstić information content (AvgIpc) is 2.87. The highest BCUT2D eigenvalue weighted by Gasteiger charge is 2.07. The fourth-order valence-electron chi connectivity index (χ4n) is 1.76. The molecule has 6 nitrogen and oxygen atoms in total. The molecule has 218 valence electrons. The van der Waals surface area contributed by atoms with Gasteiger partial charge in [0.2, 0.25) is 0 Å². The van der Waals surface area contributed by atoms with Crippen molar-refractivity contribution in [3.63, 3.8) is 0 Å². The van der Waals surface area contributed by atoms with Gasteiger partial charge < -0.3 is 10.2 Å². The van der Waals surface area contributed by atoms with Crippen molar-refractivity contribution in [2.24, 2.45) is 0 Å². The van der Waals surface area contributed by atoms with Crippen LogP contribution in [0.1, 0.15) is 0 Å². The molecule has 0 aromatic rings. The molecule has 0 saturated carbocycles. The van der Waals surface area contributed by atoms with E-state index in [1.165, 1.54) is 70.6 Å². The van der Waals surface area contributed by atoms with Gasteiger partial charge in [-0.3, -0.25) is 18.6 Å². The number of aliphatic hydroxyl groups excluding tert-OH is 2. The molecule has 2 N–H and O–H groups in total. The predicted octanol–water partition coefficient (Wildman–Crippen LogP) is 5.07. The molecule has 0 aliphatic carbocycles. The fraction of sp³-hybridized carbons (Fsp3) is 0.842. The van der Waals surface area contributed by atoms with Crippen molar-refractivity contribution < 1.29 is 28.8 Å². The SMILES string of the molecule is O=C(CSCSCC(=O)SCSCO)SCCSCSCCS(=O)CCSCSCC(=O)SCSCO. The molecule has 0 spiro atoms. The zero-order valence-electron chi connectivity index (χ0n) is 20.2. The standard InChI is InChI=1S/C19H34O6S12/c20-10-32-15-35-18(23)8-29-13-28-4-6-37(25)5-3-27-12-26-1-2-34-17(22)7-30-14-31-9-19(24)36-16-33-11-21/h20-21H,1-16H2. The first-order chi connectivity index (χ1) is 18.0. The Bertz CT molecular complexity index is 616. The summed E-state index contributed by atoms with van der Waals surface area (Å²) in [5.74, 6) is 6.24. The second-order valence-electron chi connectivity index (χ2n) is 6.13. The first kappa shape index (κ1) is 39.9. The molecule has 0 aromatic carbocycles. The number of rotatable bonds is 27. The first-order valence-electron chi connectivity index (χ1n) is 10.6. The van der Waals surface area contributed by atoms with Crippen LogP contribution in [0.25, 0.3) is 0 Å². The van der Waals surface area contributed by atoms with E-state index in [-0.39, 0.29) is 27.2 Å². The Morgan fingerprint density at radius 2 is 0.892 bits per heavy atom. The van der Waals surface area contributed by atoms with Crippen molar-refractivity contribution >= 4 is 156 Å². The third kappa shape index (κ3) is 31.7. The molecule has 0 saturated heterocycles. The van der Waals surface area contributed by atoms with Crippen LogP contribution in [-0.4, -0.2) is 119 Å². The van der Waals surface area contributed by atoms with Crippen LogP contribution in [0.2, 0.25) is 0 Å². The summed E-state index contributed by atoms with van der Waals surface area (Å²) >= 11 is 16.4. The number of thioether (sulfide) groups is 11.